The van der Waals surface area contributed by atoms with Gasteiger partial charge in [-0.2, -0.15) is 0 Å². The summed E-state index contributed by atoms with van der Waals surface area (Å²) in [5.74, 6) is -1.55. The van der Waals surface area contributed by atoms with Crippen molar-refractivity contribution < 1.29 is 9.90 Å². The Morgan fingerprint density at radius 3 is 2.56 bits per heavy atom. The van der Waals surface area contributed by atoms with Gasteiger partial charge >= 0.3 is 5.97 Å². The number of nitrogens with zero attached hydrogens (tertiary/aromatic N) is 2. The fourth-order valence-corrected chi connectivity index (χ4v) is 1.56. The van der Waals surface area contributed by atoms with Gasteiger partial charge < -0.3 is 16.6 Å². The molecule has 1 heterocycles. The van der Waals surface area contributed by atoms with E-state index in [-0.39, 0.29) is 5.95 Å². The lowest BCUT2D eigenvalue weighted by atomic mass is 9.97. The van der Waals surface area contributed by atoms with Crippen LogP contribution in [0.4, 0.5) is 5.95 Å². The molecule has 0 saturated carbocycles. The second-order valence-corrected chi connectivity index (χ2v) is 3.65. The molecule has 0 aliphatic carbocycles. The van der Waals surface area contributed by atoms with Crippen LogP contribution < -0.4 is 11.5 Å². The topological polar surface area (TPSA) is 115 Å². The fraction of sp³-hybridized carbons (Fsp3) is 0.500. The molecule has 88 valence electrons. The van der Waals surface area contributed by atoms with Crippen LogP contribution in [0, 0.1) is 13.8 Å². The molecule has 1 aromatic rings. The lowest BCUT2D eigenvalue weighted by Gasteiger charge is -2.14. The SMILES string of the molecule is Cc1nc(N)nc(C(CCN)C(=O)O)c1C. The molecule has 6 heteroatoms. The first-order chi connectivity index (χ1) is 7.47. The molecule has 1 unspecified atom stereocenters. The maximum Gasteiger partial charge on any atom is 0.312 e. The van der Waals surface area contributed by atoms with Gasteiger partial charge in [0.15, 0.2) is 0 Å². The van der Waals surface area contributed by atoms with Gasteiger partial charge in [0.2, 0.25) is 5.95 Å². The summed E-state index contributed by atoms with van der Waals surface area (Å²) in [5.41, 5.74) is 12.8. The molecular formula is C10H16N4O2. The van der Waals surface area contributed by atoms with E-state index in [0.29, 0.717) is 24.4 Å². The van der Waals surface area contributed by atoms with Crippen molar-refractivity contribution in [3.63, 3.8) is 0 Å². The first kappa shape index (κ1) is 12.4. The summed E-state index contributed by atoms with van der Waals surface area (Å²) in [6, 6.07) is 0. The highest BCUT2D eigenvalue weighted by atomic mass is 16.4. The number of hydrogen-bond acceptors (Lipinski definition) is 5. The summed E-state index contributed by atoms with van der Waals surface area (Å²) < 4.78 is 0. The standard InChI is InChI=1S/C10H16N4O2/c1-5-6(2)13-10(12)14-8(5)7(3-4-11)9(15)16/h7H,3-4,11H2,1-2H3,(H,15,16)(H2,12,13,14). The average Bonchev–Trinajstić information content (AvgIpc) is 2.20. The number of carbonyl (C=O) groups is 1. The molecule has 0 spiro atoms. The van der Waals surface area contributed by atoms with Crippen LogP contribution in [0.15, 0.2) is 0 Å². The van der Waals surface area contributed by atoms with E-state index in [1.165, 1.54) is 0 Å². The number of nitrogen functional groups attached to an aromatic ring is 1. The number of rotatable bonds is 4. The van der Waals surface area contributed by atoms with E-state index in [2.05, 4.69) is 9.97 Å². The molecule has 0 bridgehead atoms. The number of aromatic nitrogens is 2. The highest BCUT2D eigenvalue weighted by Crippen LogP contribution is 2.23. The van der Waals surface area contributed by atoms with E-state index in [0.717, 1.165) is 5.56 Å². The Bertz CT molecular complexity index is 406. The van der Waals surface area contributed by atoms with E-state index in [4.69, 9.17) is 16.6 Å². The third kappa shape index (κ3) is 2.46. The van der Waals surface area contributed by atoms with E-state index in [9.17, 15) is 4.79 Å². The van der Waals surface area contributed by atoms with Gasteiger partial charge in [-0.15, -0.1) is 0 Å². The van der Waals surface area contributed by atoms with Gasteiger partial charge in [0.1, 0.15) is 5.92 Å². The van der Waals surface area contributed by atoms with Gasteiger partial charge in [-0.25, -0.2) is 9.97 Å². The third-order valence-electron chi connectivity index (χ3n) is 2.53. The number of aliphatic carboxylic acids is 1. The van der Waals surface area contributed by atoms with Crippen LogP contribution in [-0.2, 0) is 4.79 Å². The molecule has 0 aliphatic rings. The van der Waals surface area contributed by atoms with Crippen molar-refractivity contribution >= 4 is 11.9 Å². The van der Waals surface area contributed by atoms with Crippen molar-refractivity contribution in [2.24, 2.45) is 5.73 Å². The molecule has 1 atom stereocenters. The highest BCUT2D eigenvalue weighted by molar-refractivity contribution is 5.76. The van der Waals surface area contributed by atoms with E-state index in [1.807, 2.05) is 0 Å². The lowest BCUT2D eigenvalue weighted by Crippen LogP contribution is -2.20. The van der Waals surface area contributed by atoms with Crippen LogP contribution in [-0.4, -0.2) is 27.6 Å². The molecule has 0 fully saturated rings. The van der Waals surface area contributed by atoms with Gasteiger partial charge in [0.05, 0.1) is 5.69 Å². The lowest BCUT2D eigenvalue weighted by molar-refractivity contribution is -0.139. The average molecular weight is 224 g/mol. The Labute approximate surface area is 93.7 Å². The predicted octanol–water partition coefficient (Wildman–Crippen LogP) is 0.193. The third-order valence-corrected chi connectivity index (χ3v) is 2.53. The zero-order valence-corrected chi connectivity index (χ0v) is 9.40. The molecule has 0 aliphatic heterocycles. The largest absolute Gasteiger partial charge is 0.481 e. The second kappa shape index (κ2) is 4.89. The van der Waals surface area contributed by atoms with Crippen LogP contribution in [0.3, 0.4) is 0 Å². The van der Waals surface area contributed by atoms with Crippen molar-refractivity contribution in [1.82, 2.24) is 9.97 Å². The molecule has 1 rings (SSSR count). The van der Waals surface area contributed by atoms with Gasteiger partial charge in [0, 0.05) is 5.69 Å². The Hall–Kier alpha value is -1.69. The van der Waals surface area contributed by atoms with Gasteiger partial charge in [-0.1, -0.05) is 0 Å². The normalized spacial score (nSPS) is 12.4. The fourth-order valence-electron chi connectivity index (χ4n) is 1.56. The van der Waals surface area contributed by atoms with Gasteiger partial charge in [-0.3, -0.25) is 4.79 Å². The Kier molecular flexibility index (Phi) is 3.78. The van der Waals surface area contributed by atoms with Crippen LogP contribution in [0.1, 0.15) is 29.3 Å². The first-order valence-corrected chi connectivity index (χ1v) is 5.00. The van der Waals surface area contributed by atoms with Crippen molar-refractivity contribution in [2.75, 3.05) is 12.3 Å². The Morgan fingerprint density at radius 1 is 1.44 bits per heavy atom. The number of nitrogens with two attached hydrogens (primary N) is 2. The zero-order chi connectivity index (χ0) is 12.3. The van der Waals surface area contributed by atoms with Crippen LogP contribution in [0.5, 0.6) is 0 Å². The summed E-state index contributed by atoms with van der Waals surface area (Å²) in [7, 11) is 0. The summed E-state index contributed by atoms with van der Waals surface area (Å²) in [4.78, 5) is 19.1. The van der Waals surface area contributed by atoms with Crippen molar-refractivity contribution in [2.45, 2.75) is 26.2 Å². The summed E-state index contributed by atoms with van der Waals surface area (Å²) in [5, 5.41) is 9.11. The van der Waals surface area contributed by atoms with Gasteiger partial charge in [0.25, 0.3) is 0 Å². The maximum absolute atomic E-state index is 11.1. The van der Waals surface area contributed by atoms with Crippen molar-refractivity contribution in [3.8, 4) is 0 Å². The van der Waals surface area contributed by atoms with Crippen LogP contribution in [0.25, 0.3) is 0 Å². The summed E-state index contributed by atoms with van der Waals surface area (Å²) in [6.07, 6.45) is 0.339. The van der Waals surface area contributed by atoms with Gasteiger partial charge in [-0.05, 0) is 32.4 Å². The maximum atomic E-state index is 11.1. The number of hydrogen-bond donors (Lipinski definition) is 3. The quantitative estimate of drug-likeness (QED) is 0.672. The first-order valence-electron chi connectivity index (χ1n) is 5.00. The van der Waals surface area contributed by atoms with Crippen LogP contribution >= 0.6 is 0 Å². The van der Waals surface area contributed by atoms with E-state index in [1.54, 1.807) is 13.8 Å². The molecule has 0 saturated heterocycles. The summed E-state index contributed by atoms with van der Waals surface area (Å²) >= 11 is 0. The number of carboxylic acid groups (broad SMARTS) is 1. The van der Waals surface area contributed by atoms with Crippen molar-refractivity contribution in [3.05, 3.63) is 17.0 Å². The number of anilines is 1. The smallest absolute Gasteiger partial charge is 0.312 e. The monoisotopic (exact) mass is 224 g/mol. The minimum absolute atomic E-state index is 0.0985. The van der Waals surface area contributed by atoms with E-state index >= 15 is 0 Å². The Balaban J connectivity index is 3.23. The molecule has 0 radical (unpaired) electrons. The Morgan fingerprint density at radius 2 is 2.06 bits per heavy atom. The molecule has 1 aromatic heterocycles. The zero-order valence-electron chi connectivity index (χ0n) is 9.40. The molecule has 0 amide bonds. The minimum Gasteiger partial charge on any atom is -0.481 e. The molecule has 5 N–H and O–H groups in total. The molecule has 16 heavy (non-hydrogen) atoms. The predicted molar refractivity (Wildman–Crippen MR) is 60.0 cm³/mol. The van der Waals surface area contributed by atoms with Crippen LogP contribution in [0.2, 0.25) is 0 Å². The second-order valence-electron chi connectivity index (χ2n) is 3.65. The number of carboxylic acids is 1. The number of aryl methyl sites for hydroxylation is 1. The minimum atomic E-state index is -0.939. The van der Waals surface area contributed by atoms with E-state index < -0.39 is 11.9 Å². The summed E-state index contributed by atoms with van der Waals surface area (Å²) in [6.45, 7) is 3.86. The highest BCUT2D eigenvalue weighted by Gasteiger charge is 2.23. The molecular weight excluding hydrogens is 208 g/mol. The van der Waals surface area contributed by atoms with Crippen molar-refractivity contribution in [1.29, 1.82) is 0 Å². The molecule has 0 aromatic carbocycles. The molecule has 6 nitrogen and oxygen atoms in total.